The van der Waals surface area contributed by atoms with E-state index in [1.54, 1.807) is 0 Å². The third-order valence-electron chi connectivity index (χ3n) is 3.47. The van der Waals surface area contributed by atoms with Crippen LogP contribution in [0.25, 0.3) is 0 Å². The van der Waals surface area contributed by atoms with Gasteiger partial charge in [-0.1, -0.05) is 30.3 Å². The predicted molar refractivity (Wildman–Crippen MR) is 73.4 cm³/mol. The van der Waals surface area contributed by atoms with Gasteiger partial charge in [-0.15, -0.1) is 0 Å². The van der Waals surface area contributed by atoms with Crippen molar-refractivity contribution < 1.29 is 4.79 Å². The van der Waals surface area contributed by atoms with Crippen LogP contribution in [0.15, 0.2) is 30.3 Å². The van der Waals surface area contributed by atoms with Crippen LogP contribution in [0.3, 0.4) is 0 Å². The fraction of sp³-hybridized carbons (Fsp3) is 0.533. The predicted octanol–water partition coefficient (Wildman–Crippen LogP) is 1.73. The highest BCUT2D eigenvalue weighted by Gasteiger charge is 2.13. The summed E-state index contributed by atoms with van der Waals surface area (Å²) in [5.41, 5.74) is 1.23. The first-order valence-electron chi connectivity index (χ1n) is 6.86. The van der Waals surface area contributed by atoms with E-state index in [-0.39, 0.29) is 5.91 Å². The molecule has 0 aliphatic carbocycles. The zero-order chi connectivity index (χ0) is 12.6. The number of aryl methyl sites for hydroxylation is 1. The maximum Gasteiger partial charge on any atom is 0.220 e. The van der Waals surface area contributed by atoms with E-state index in [0.29, 0.717) is 12.3 Å². The topological polar surface area (TPSA) is 41.1 Å². The first-order chi connectivity index (χ1) is 8.84. The maximum atomic E-state index is 11.7. The van der Waals surface area contributed by atoms with Crippen molar-refractivity contribution in [3.05, 3.63) is 35.9 Å². The smallest absolute Gasteiger partial charge is 0.220 e. The summed E-state index contributed by atoms with van der Waals surface area (Å²) in [6.45, 7) is 2.98. The van der Waals surface area contributed by atoms with Crippen molar-refractivity contribution in [1.29, 1.82) is 0 Å². The number of amides is 1. The Morgan fingerprint density at radius 3 is 2.89 bits per heavy atom. The molecular weight excluding hydrogens is 224 g/mol. The zero-order valence-electron chi connectivity index (χ0n) is 10.8. The van der Waals surface area contributed by atoms with Gasteiger partial charge in [0, 0.05) is 13.0 Å². The van der Waals surface area contributed by atoms with E-state index in [0.717, 1.165) is 26.1 Å². The van der Waals surface area contributed by atoms with Gasteiger partial charge in [-0.25, -0.2) is 0 Å². The van der Waals surface area contributed by atoms with Crippen molar-refractivity contribution in [1.82, 2.24) is 10.6 Å². The van der Waals surface area contributed by atoms with Gasteiger partial charge in [0.25, 0.3) is 0 Å². The lowest BCUT2D eigenvalue weighted by atomic mass is 10.00. The van der Waals surface area contributed by atoms with Gasteiger partial charge >= 0.3 is 0 Å². The summed E-state index contributed by atoms with van der Waals surface area (Å²) in [6, 6.07) is 10.2. The Bertz CT molecular complexity index is 358. The monoisotopic (exact) mass is 246 g/mol. The average molecular weight is 246 g/mol. The van der Waals surface area contributed by atoms with Gasteiger partial charge in [-0.2, -0.15) is 0 Å². The minimum atomic E-state index is 0.171. The van der Waals surface area contributed by atoms with E-state index < -0.39 is 0 Å². The highest BCUT2D eigenvalue weighted by molar-refractivity contribution is 5.76. The van der Waals surface area contributed by atoms with Crippen LogP contribution in [0.2, 0.25) is 0 Å². The fourth-order valence-electron chi connectivity index (χ4n) is 2.35. The van der Waals surface area contributed by atoms with Gasteiger partial charge in [0.15, 0.2) is 0 Å². The number of rotatable bonds is 5. The minimum absolute atomic E-state index is 0.171. The number of carbonyl (C=O) groups is 1. The molecule has 1 fully saturated rings. The lowest BCUT2D eigenvalue weighted by Gasteiger charge is -2.22. The van der Waals surface area contributed by atoms with E-state index in [1.807, 2.05) is 18.2 Å². The van der Waals surface area contributed by atoms with E-state index in [9.17, 15) is 4.79 Å². The quantitative estimate of drug-likeness (QED) is 0.831. The molecule has 1 saturated heterocycles. The number of hydrogen-bond acceptors (Lipinski definition) is 2. The number of hydrogen-bond donors (Lipinski definition) is 2. The Labute approximate surface area is 109 Å². The number of carbonyl (C=O) groups excluding carboxylic acids is 1. The van der Waals surface area contributed by atoms with Gasteiger partial charge in [-0.05, 0) is 43.8 Å². The Hall–Kier alpha value is -1.35. The van der Waals surface area contributed by atoms with Gasteiger partial charge < -0.3 is 10.6 Å². The Morgan fingerprint density at radius 1 is 1.33 bits per heavy atom. The molecule has 98 valence electrons. The van der Waals surface area contributed by atoms with Gasteiger partial charge in [0.2, 0.25) is 5.91 Å². The second-order valence-electron chi connectivity index (χ2n) is 5.00. The molecule has 1 aliphatic rings. The van der Waals surface area contributed by atoms with Crippen molar-refractivity contribution in [3.8, 4) is 0 Å². The van der Waals surface area contributed by atoms with Crippen molar-refractivity contribution in [3.63, 3.8) is 0 Å². The second kappa shape index (κ2) is 7.17. The first-order valence-corrected chi connectivity index (χ1v) is 6.86. The molecule has 1 aliphatic heterocycles. The highest BCUT2D eigenvalue weighted by atomic mass is 16.1. The van der Waals surface area contributed by atoms with Crippen LogP contribution in [0, 0.1) is 5.92 Å². The molecule has 1 unspecified atom stereocenters. The molecule has 0 saturated carbocycles. The molecule has 1 aromatic carbocycles. The number of nitrogens with one attached hydrogen (secondary N) is 2. The number of benzene rings is 1. The summed E-state index contributed by atoms with van der Waals surface area (Å²) in [5, 5.41) is 6.41. The highest BCUT2D eigenvalue weighted by Crippen LogP contribution is 2.08. The molecule has 1 atom stereocenters. The molecule has 0 bridgehead atoms. The molecule has 18 heavy (non-hydrogen) atoms. The van der Waals surface area contributed by atoms with Crippen LogP contribution in [0.4, 0.5) is 0 Å². The third kappa shape index (κ3) is 4.49. The lowest BCUT2D eigenvalue weighted by Crippen LogP contribution is -2.38. The second-order valence-corrected chi connectivity index (χ2v) is 5.00. The fourth-order valence-corrected chi connectivity index (χ4v) is 2.35. The standard InChI is InChI=1S/C15H22N2O/c18-15(9-8-13-5-2-1-3-6-13)17-12-14-7-4-10-16-11-14/h1-3,5-6,14,16H,4,7-12H2,(H,17,18). The largest absolute Gasteiger partial charge is 0.356 e. The SMILES string of the molecule is O=C(CCc1ccccc1)NCC1CCCNC1. The van der Waals surface area contributed by atoms with Crippen molar-refractivity contribution in [2.24, 2.45) is 5.92 Å². The summed E-state index contributed by atoms with van der Waals surface area (Å²) < 4.78 is 0. The third-order valence-corrected chi connectivity index (χ3v) is 3.47. The zero-order valence-corrected chi connectivity index (χ0v) is 10.8. The first kappa shape index (κ1) is 13.1. The van der Waals surface area contributed by atoms with Crippen molar-refractivity contribution in [2.75, 3.05) is 19.6 Å². The molecule has 1 amide bonds. The van der Waals surface area contributed by atoms with Gasteiger partial charge in [0.1, 0.15) is 0 Å². The molecular formula is C15H22N2O. The molecule has 2 rings (SSSR count). The average Bonchev–Trinajstić information content (AvgIpc) is 2.45. The molecule has 1 heterocycles. The summed E-state index contributed by atoms with van der Waals surface area (Å²) >= 11 is 0. The van der Waals surface area contributed by atoms with Gasteiger partial charge in [-0.3, -0.25) is 4.79 Å². The normalized spacial score (nSPS) is 19.4. The summed E-state index contributed by atoms with van der Waals surface area (Å²) in [7, 11) is 0. The minimum Gasteiger partial charge on any atom is -0.356 e. The van der Waals surface area contributed by atoms with Crippen molar-refractivity contribution in [2.45, 2.75) is 25.7 Å². The van der Waals surface area contributed by atoms with E-state index >= 15 is 0 Å². The van der Waals surface area contributed by atoms with Gasteiger partial charge in [0.05, 0.1) is 0 Å². The van der Waals surface area contributed by atoms with Crippen LogP contribution >= 0.6 is 0 Å². The van der Waals surface area contributed by atoms with Crippen LogP contribution in [0.1, 0.15) is 24.8 Å². The summed E-state index contributed by atoms with van der Waals surface area (Å²) in [4.78, 5) is 11.7. The molecule has 3 heteroatoms. The van der Waals surface area contributed by atoms with Crippen LogP contribution in [-0.4, -0.2) is 25.5 Å². The molecule has 0 radical (unpaired) electrons. The van der Waals surface area contributed by atoms with E-state index in [4.69, 9.17) is 0 Å². The molecule has 2 N–H and O–H groups in total. The van der Waals surface area contributed by atoms with Crippen LogP contribution in [-0.2, 0) is 11.2 Å². The van der Waals surface area contributed by atoms with E-state index in [1.165, 1.54) is 18.4 Å². The van der Waals surface area contributed by atoms with Crippen molar-refractivity contribution >= 4 is 5.91 Å². The molecule has 3 nitrogen and oxygen atoms in total. The Kier molecular flexibility index (Phi) is 5.21. The molecule has 0 aromatic heterocycles. The Morgan fingerprint density at radius 2 is 2.17 bits per heavy atom. The molecule has 1 aromatic rings. The lowest BCUT2D eigenvalue weighted by molar-refractivity contribution is -0.121. The van der Waals surface area contributed by atoms with Crippen LogP contribution < -0.4 is 10.6 Å². The summed E-state index contributed by atoms with van der Waals surface area (Å²) in [5.74, 6) is 0.781. The van der Waals surface area contributed by atoms with Crippen LogP contribution in [0.5, 0.6) is 0 Å². The Balaban J connectivity index is 1.63. The maximum absolute atomic E-state index is 11.7. The van der Waals surface area contributed by atoms with E-state index in [2.05, 4.69) is 22.8 Å². The number of piperidine rings is 1. The summed E-state index contributed by atoms with van der Waals surface area (Å²) in [6.07, 6.45) is 3.87. The molecule has 0 spiro atoms.